The Morgan fingerprint density at radius 1 is 1.71 bits per heavy atom. The summed E-state index contributed by atoms with van der Waals surface area (Å²) in [6.45, 7) is 0. The van der Waals surface area contributed by atoms with E-state index in [2.05, 4.69) is 9.93 Å². The van der Waals surface area contributed by atoms with E-state index in [9.17, 15) is 14.1 Å². The van der Waals surface area contributed by atoms with Gasteiger partial charge in [0.05, 0.1) is 6.04 Å². The van der Waals surface area contributed by atoms with Gasteiger partial charge in [-0.2, -0.15) is 0 Å². The van der Waals surface area contributed by atoms with Gasteiger partial charge in [-0.1, -0.05) is 11.8 Å². The largest absolute Gasteiger partial charge is 0.453 e. The number of amidine groups is 1. The molecule has 0 saturated carbocycles. The molecule has 0 spiro atoms. The number of hydrogen-bond acceptors (Lipinski definition) is 6. The quantitative estimate of drug-likeness (QED) is 0.662. The zero-order valence-electron chi connectivity index (χ0n) is 9.04. The monoisotopic (exact) mass is 262 g/mol. The Balaban J connectivity index is 2.01. The van der Waals surface area contributed by atoms with Crippen molar-refractivity contribution in [1.82, 2.24) is 4.90 Å². The molecule has 3 unspecified atom stereocenters. The lowest BCUT2D eigenvalue weighted by atomic mass is 10.1. The van der Waals surface area contributed by atoms with Crippen LogP contribution in [0.1, 0.15) is 12.8 Å². The highest BCUT2D eigenvalue weighted by Gasteiger charge is 2.39. The average Bonchev–Trinajstić information content (AvgIpc) is 2.79. The highest BCUT2D eigenvalue weighted by Crippen LogP contribution is 2.36. The summed E-state index contributed by atoms with van der Waals surface area (Å²) in [5.74, 6) is 0. The number of halogens is 1. The van der Waals surface area contributed by atoms with Crippen LogP contribution in [0.4, 0.5) is 9.32 Å². The summed E-state index contributed by atoms with van der Waals surface area (Å²) in [5, 5.41) is 0.342. The SMILES string of the molecule is CN(C(=O)OF)C1=NC2CCC(C=O)OC2S1. The average molecular weight is 262 g/mol. The first-order valence-corrected chi connectivity index (χ1v) is 5.95. The van der Waals surface area contributed by atoms with Gasteiger partial charge < -0.3 is 9.53 Å². The highest BCUT2D eigenvalue weighted by atomic mass is 32.2. The fourth-order valence-electron chi connectivity index (χ4n) is 1.71. The van der Waals surface area contributed by atoms with Crippen LogP contribution >= 0.6 is 11.8 Å². The van der Waals surface area contributed by atoms with Gasteiger partial charge in [0.1, 0.15) is 17.8 Å². The maximum atomic E-state index is 11.7. The third-order valence-electron chi connectivity index (χ3n) is 2.65. The Kier molecular flexibility index (Phi) is 3.63. The second kappa shape index (κ2) is 5.01. The molecule has 2 aliphatic heterocycles. The summed E-state index contributed by atoms with van der Waals surface area (Å²) in [4.78, 5) is 29.9. The lowest BCUT2D eigenvalue weighted by Crippen LogP contribution is -2.34. The number of nitrogens with zero attached hydrogens (tertiary/aromatic N) is 2. The number of ether oxygens (including phenoxy) is 1. The minimum Gasteiger partial charge on any atom is -0.354 e. The van der Waals surface area contributed by atoms with E-state index in [1.807, 2.05) is 0 Å². The summed E-state index contributed by atoms with van der Waals surface area (Å²) in [7, 11) is 1.36. The van der Waals surface area contributed by atoms with Crippen LogP contribution in [0.25, 0.3) is 0 Å². The standard InChI is InChI=1S/C9H11FN2O4S/c1-12(9(14)16-10)8-11-6-3-2-5(4-13)15-7(6)17-8/h4-7H,2-3H2,1H3. The summed E-state index contributed by atoms with van der Waals surface area (Å²) in [5.41, 5.74) is -0.288. The van der Waals surface area contributed by atoms with Gasteiger partial charge in [-0.3, -0.25) is 9.89 Å². The number of rotatable bonds is 1. The molecule has 8 heteroatoms. The van der Waals surface area contributed by atoms with Crippen molar-refractivity contribution in [3.05, 3.63) is 0 Å². The Hall–Kier alpha value is -1.15. The molecule has 1 fully saturated rings. The van der Waals surface area contributed by atoms with E-state index in [0.717, 1.165) is 11.2 Å². The van der Waals surface area contributed by atoms with Crippen molar-refractivity contribution in [3.63, 3.8) is 0 Å². The fourth-order valence-corrected chi connectivity index (χ4v) is 2.89. The van der Waals surface area contributed by atoms with Crippen LogP contribution in [0.5, 0.6) is 0 Å². The predicted molar refractivity (Wildman–Crippen MR) is 58.1 cm³/mol. The van der Waals surface area contributed by atoms with E-state index in [1.54, 1.807) is 0 Å². The number of hydrogen-bond donors (Lipinski definition) is 0. The number of carbonyl (C=O) groups excluding carboxylic acids is 2. The topological polar surface area (TPSA) is 68.2 Å². The molecular weight excluding hydrogens is 251 g/mol. The maximum Gasteiger partial charge on any atom is 0.453 e. The first kappa shape index (κ1) is 12.3. The minimum atomic E-state index is -1.12. The molecule has 0 aliphatic carbocycles. The lowest BCUT2D eigenvalue weighted by molar-refractivity contribution is -0.122. The Labute approximate surface area is 101 Å². The molecule has 2 rings (SSSR count). The molecule has 6 nitrogen and oxygen atoms in total. The van der Waals surface area contributed by atoms with Crippen LogP contribution in [0.3, 0.4) is 0 Å². The number of amides is 1. The summed E-state index contributed by atoms with van der Waals surface area (Å²) < 4.78 is 17.2. The number of fused-ring (bicyclic) bond motifs is 1. The fraction of sp³-hybridized carbons (Fsp3) is 0.667. The first-order valence-electron chi connectivity index (χ1n) is 5.07. The first-order chi connectivity index (χ1) is 8.15. The van der Waals surface area contributed by atoms with Crippen LogP contribution in [0, 0.1) is 0 Å². The maximum absolute atomic E-state index is 11.7. The van der Waals surface area contributed by atoms with E-state index < -0.39 is 12.2 Å². The van der Waals surface area contributed by atoms with Crippen LogP contribution in [-0.2, 0) is 14.5 Å². The van der Waals surface area contributed by atoms with E-state index in [1.165, 1.54) is 18.8 Å². The zero-order valence-corrected chi connectivity index (χ0v) is 9.85. The summed E-state index contributed by atoms with van der Waals surface area (Å²) >= 11 is 1.19. The molecule has 0 aromatic carbocycles. The third kappa shape index (κ3) is 2.42. The van der Waals surface area contributed by atoms with Gasteiger partial charge in [-0.05, 0) is 12.8 Å². The van der Waals surface area contributed by atoms with Crippen molar-refractivity contribution in [2.75, 3.05) is 7.05 Å². The zero-order chi connectivity index (χ0) is 12.4. The molecule has 2 heterocycles. The van der Waals surface area contributed by atoms with Gasteiger partial charge in [-0.15, -0.1) is 0 Å². The van der Waals surface area contributed by atoms with Gasteiger partial charge in [0.15, 0.2) is 5.17 Å². The van der Waals surface area contributed by atoms with Crippen LogP contribution in [-0.4, -0.2) is 47.1 Å². The Morgan fingerprint density at radius 2 is 2.47 bits per heavy atom. The number of aliphatic imine (C=N–C) groups is 1. The molecule has 0 bridgehead atoms. The third-order valence-corrected chi connectivity index (χ3v) is 3.89. The predicted octanol–water partition coefficient (Wildman–Crippen LogP) is 1.11. The van der Waals surface area contributed by atoms with E-state index in [4.69, 9.17) is 4.74 Å². The van der Waals surface area contributed by atoms with Gasteiger partial charge >= 0.3 is 6.09 Å². The number of thioether (sulfide) groups is 1. The van der Waals surface area contributed by atoms with Crippen LogP contribution < -0.4 is 0 Å². The molecule has 0 aromatic heterocycles. The Bertz CT molecular complexity index is 365. The van der Waals surface area contributed by atoms with Crippen molar-refractivity contribution in [2.24, 2.45) is 4.99 Å². The second-order valence-electron chi connectivity index (χ2n) is 3.76. The van der Waals surface area contributed by atoms with Crippen molar-refractivity contribution in [2.45, 2.75) is 30.4 Å². The van der Waals surface area contributed by atoms with Crippen molar-refractivity contribution < 1.29 is 23.8 Å². The van der Waals surface area contributed by atoms with Crippen molar-refractivity contribution in [3.8, 4) is 0 Å². The second-order valence-corrected chi connectivity index (χ2v) is 4.82. The van der Waals surface area contributed by atoms with Gasteiger partial charge in [0.2, 0.25) is 0 Å². The van der Waals surface area contributed by atoms with E-state index >= 15 is 0 Å². The molecule has 1 amide bonds. The molecule has 1 saturated heterocycles. The minimum absolute atomic E-state index is 0.0962. The summed E-state index contributed by atoms with van der Waals surface area (Å²) in [6.07, 6.45) is 0.537. The lowest BCUT2D eigenvalue weighted by Gasteiger charge is -2.27. The molecule has 3 atom stereocenters. The normalized spacial score (nSPS) is 31.4. The Morgan fingerprint density at radius 3 is 3.12 bits per heavy atom. The van der Waals surface area contributed by atoms with Gasteiger partial charge in [-0.25, -0.2) is 9.74 Å². The van der Waals surface area contributed by atoms with E-state index in [0.29, 0.717) is 18.0 Å². The van der Waals surface area contributed by atoms with Crippen molar-refractivity contribution >= 4 is 29.3 Å². The van der Waals surface area contributed by atoms with Gasteiger partial charge in [0, 0.05) is 11.6 Å². The van der Waals surface area contributed by atoms with Crippen molar-refractivity contribution in [1.29, 1.82) is 0 Å². The highest BCUT2D eigenvalue weighted by molar-refractivity contribution is 8.14. The smallest absolute Gasteiger partial charge is 0.354 e. The molecule has 0 N–H and O–H groups in total. The molecule has 0 aromatic rings. The molecular formula is C9H11FN2O4S. The molecule has 94 valence electrons. The molecule has 2 aliphatic rings. The number of aldehydes is 1. The van der Waals surface area contributed by atoms with Crippen LogP contribution in [0.2, 0.25) is 0 Å². The summed E-state index contributed by atoms with van der Waals surface area (Å²) in [6, 6.07) is -0.0962. The van der Waals surface area contributed by atoms with Crippen LogP contribution in [0.15, 0.2) is 4.99 Å². The van der Waals surface area contributed by atoms with Gasteiger partial charge in [0.25, 0.3) is 0 Å². The molecule has 17 heavy (non-hydrogen) atoms. The van der Waals surface area contributed by atoms with E-state index in [-0.39, 0.29) is 11.5 Å². The molecule has 0 radical (unpaired) electrons. The number of carbonyl (C=O) groups is 2.